The number of hydrogen-bond donors (Lipinski definition) is 1. The summed E-state index contributed by atoms with van der Waals surface area (Å²) in [5, 5.41) is 14.7. The number of amides is 1. The smallest absolute Gasteiger partial charge is 0.228 e. The molecule has 0 saturated heterocycles. The summed E-state index contributed by atoms with van der Waals surface area (Å²) < 4.78 is 1.26. The summed E-state index contributed by atoms with van der Waals surface area (Å²) >= 11 is 1.74. The van der Waals surface area contributed by atoms with Crippen molar-refractivity contribution in [2.45, 2.75) is 13.3 Å². The topological polar surface area (TPSA) is 69.2 Å². The number of carbonyl (C=O) groups excluding carboxylic acids is 2. The fraction of sp³-hybridized carbons (Fsp3) is 0.200. The first-order valence-corrected chi connectivity index (χ1v) is 8.95. The van der Waals surface area contributed by atoms with E-state index in [1.54, 1.807) is 11.3 Å². The van der Waals surface area contributed by atoms with E-state index in [1.165, 1.54) is 20.5 Å². The molecule has 1 heterocycles. The molecule has 25 heavy (non-hydrogen) atoms. The second-order valence-electron chi connectivity index (χ2n) is 6.49. The van der Waals surface area contributed by atoms with Crippen molar-refractivity contribution in [1.29, 1.82) is 0 Å². The number of anilines is 1. The SMILES string of the molecule is Cc1ccc2cc(-c3ccc(NC(=O)[C@@H]4C[C@@H]4C(=O)[O-])cc3)sc2c1. The molecule has 3 aromatic rings. The maximum absolute atomic E-state index is 12.0. The Kier molecular flexibility index (Phi) is 3.81. The molecule has 0 unspecified atom stereocenters. The third kappa shape index (κ3) is 3.15. The number of carboxylic acids is 1. The van der Waals surface area contributed by atoms with Crippen LogP contribution in [0.15, 0.2) is 48.5 Å². The lowest BCUT2D eigenvalue weighted by Gasteiger charge is -2.06. The van der Waals surface area contributed by atoms with Crippen molar-refractivity contribution >= 4 is 39.0 Å². The Balaban J connectivity index is 1.49. The Morgan fingerprint density at radius 1 is 1.08 bits per heavy atom. The molecule has 2 aromatic carbocycles. The van der Waals surface area contributed by atoms with Crippen LogP contribution < -0.4 is 10.4 Å². The zero-order valence-corrected chi connectivity index (χ0v) is 14.4. The molecule has 126 valence electrons. The van der Waals surface area contributed by atoms with Gasteiger partial charge in [-0.1, -0.05) is 24.3 Å². The molecule has 0 bridgehead atoms. The van der Waals surface area contributed by atoms with Gasteiger partial charge in [0.25, 0.3) is 0 Å². The van der Waals surface area contributed by atoms with Crippen molar-refractivity contribution in [3.8, 4) is 10.4 Å². The molecule has 1 aliphatic carbocycles. The lowest BCUT2D eigenvalue weighted by atomic mass is 10.1. The highest BCUT2D eigenvalue weighted by Gasteiger charge is 2.43. The highest BCUT2D eigenvalue weighted by Crippen LogP contribution is 2.39. The first-order valence-electron chi connectivity index (χ1n) is 8.13. The van der Waals surface area contributed by atoms with Gasteiger partial charge in [0.2, 0.25) is 5.91 Å². The average molecular weight is 350 g/mol. The molecule has 1 N–H and O–H groups in total. The van der Waals surface area contributed by atoms with Crippen LogP contribution in [0.25, 0.3) is 20.5 Å². The van der Waals surface area contributed by atoms with E-state index in [0.29, 0.717) is 12.1 Å². The molecule has 0 radical (unpaired) electrons. The maximum atomic E-state index is 12.0. The molecular formula is C20H16NO3S-. The predicted octanol–water partition coefficient (Wildman–Crippen LogP) is 3.20. The molecule has 5 heteroatoms. The molecule has 1 aliphatic rings. The van der Waals surface area contributed by atoms with Gasteiger partial charge in [-0.15, -0.1) is 11.3 Å². The van der Waals surface area contributed by atoms with E-state index in [0.717, 1.165) is 5.56 Å². The number of carboxylic acid groups (broad SMARTS) is 1. The molecule has 1 fully saturated rings. The number of thiophene rings is 1. The molecule has 1 amide bonds. The van der Waals surface area contributed by atoms with Crippen LogP contribution in [0.5, 0.6) is 0 Å². The molecular weight excluding hydrogens is 334 g/mol. The van der Waals surface area contributed by atoms with Crippen molar-refractivity contribution in [3.63, 3.8) is 0 Å². The lowest BCUT2D eigenvalue weighted by molar-refractivity contribution is -0.308. The molecule has 1 aromatic heterocycles. The minimum Gasteiger partial charge on any atom is -0.550 e. The molecule has 4 nitrogen and oxygen atoms in total. The average Bonchev–Trinajstić information content (AvgIpc) is 3.29. The number of fused-ring (bicyclic) bond motifs is 1. The van der Waals surface area contributed by atoms with Crippen LogP contribution in [0.4, 0.5) is 5.69 Å². The largest absolute Gasteiger partial charge is 0.550 e. The summed E-state index contributed by atoms with van der Waals surface area (Å²) in [6.45, 7) is 2.08. The molecule has 1 saturated carbocycles. The van der Waals surface area contributed by atoms with Crippen molar-refractivity contribution in [2.24, 2.45) is 11.8 Å². The van der Waals surface area contributed by atoms with E-state index in [2.05, 4.69) is 36.5 Å². The highest BCUT2D eigenvalue weighted by atomic mass is 32.1. The van der Waals surface area contributed by atoms with Gasteiger partial charge >= 0.3 is 0 Å². The van der Waals surface area contributed by atoms with Gasteiger partial charge in [-0.25, -0.2) is 0 Å². The molecule has 2 atom stereocenters. The van der Waals surface area contributed by atoms with Gasteiger partial charge in [0.15, 0.2) is 0 Å². The number of hydrogen-bond acceptors (Lipinski definition) is 4. The summed E-state index contributed by atoms with van der Waals surface area (Å²) in [4.78, 5) is 23.9. The maximum Gasteiger partial charge on any atom is 0.228 e. The van der Waals surface area contributed by atoms with Crippen molar-refractivity contribution < 1.29 is 14.7 Å². The minimum atomic E-state index is -1.14. The van der Waals surface area contributed by atoms with Gasteiger partial charge in [0, 0.05) is 33.1 Å². The summed E-state index contributed by atoms with van der Waals surface area (Å²) in [5.74, 6) is -2.49. The van der Waals surface area contributed by atoms with E-state index < -0.39 is 17.8 Å². The van der Waals surface area contributed by atoms with Crippen LogP contribution in [-0.2, 0) is 9.59 Å². The third-order valence-electron chi connectivity index (χ3n) is 4.54. The Morgan fingerprint density at radius 3 is 2.52 bits per heavy atom. The first-order chi connectivity index (χ1) is 12.0. The Bertz CT molecular complexity index is 974. The first kappa shape index (κ1) is 15.8. The molecule has 0 aliphatic heterocycles. The van der Waals surface area contributed by atoms with Crippen LogP contribution in [0.1, 0.15) is 12.0 Å². The number of nitrogens with one attached hydrogen (secondary N) is 1. The van der Waals surface area contributed by atoms with Crippen LogP contribution in [0, 0.1) is 18.8 Å². The number of rotatable bonds is 4. The molecule has 4 rings (SSSR count). The van der Waals surface area contributed by atoms with E-state index in [4.69, 9.17) is 0 Å². The van der Waals surface area contributed by atoms with Gasteiger partial charge in [0.1, 0.15) is 0 Å². The van der Waals surface area contributed by atoms with E-state index in [1.807, 2.05) is 24.3 Å². The number of benzene rings is 2. The van der Waals surface area contributed by atoms with Gasteiger partial charge in [-0.05, 0) is 54.1 Å². The number of carbonyl (C=O) groups is 2. The second-order valence-corrected chi connectivity index (χ2v) is 7.57. The van der Waals surface area contributed by atoms with Crippen molar-refractivity contribution in [2.75, 3.05) is 5.32 Å². The third-order valence-corrected chi connectivity index (χ3v) is 5.69. The van der Waals surface area contributed by atoms with Crippen LogP contribution in [-0.4, -0.2) is 11.9 Å². The van der Waals surface area contributed by atoms with Gasteiger partial charge in [-0.3, -0.25) is 4.79 Å². The highest BCUT2D eigenvalue weighted by molar-refractivity contribution is 7.22. The Morgan fingerprint density at radius 2 is 1.84 bits per heavy atom. The van der Waals surface area contributed by atoms with Gasteiger partial charge < -0.3 is 15.2 Å². The zero-order chi connectivity index (χ0) is 17.6. The van der Waals surface area contributed by atoms with E-state index in [9.17, 15) is 14.7 Å². The quantitative estimate of drug-likeness (QED) is 0.785. The van der Waals surface area contributed by atoms with E-state index in [-0.39, 0.29) is 5.91 Å². The summed E-state index contributed by atoms with van der Waals surface area (Å²) in [6.07, 6.45) is 0.369. The Hall–Kier alpha value is -2.66. The molecule has 0 spiro atoms. The lowest BCUT2D eigenvalue weighted by Crippen LogP contribution is -2.27. The van der Waals surface area contributed by atoms with Crippen LogP contribution >= 0.6 is 11.3 Å². The van der Waals surface area contributed by atoms with Gasteiger partial charge in [-0.2, -0.15) is 0 Å². The number of aryl methyl sites for hydroxylation is 1. The summed E-state index contributed by atoms with van der Waals surface area (Å²) in [7, 11) is 0. The fourth-order valence-corrected chi connectivity index (χ4v) is 4.15. The van der Waals surface area contributed by atoms with Crippen LogP contribution in [0.2, 0.25) is 0 Å². The van der Waals surface area contributed by atoms with Crippen molar-refractivity contribution in [3.05, 3.63) is 54.1 Å². The monoisotopic (exact) mass is 350 g/mol. The minimum absolute atomic E-state index is 0.251. The standard InChI is InChI=1S/C20H17NO3S/c1-11-2-3-13-9-18(25-17(13)8-11)12-4-6-14(7-5-12)21-19(22)15-10-16(15)20(23)24/h2-9,15-16H,10H2,1H3,(H,21,22)(H,23,24)/p-1/t15-,16+/m1/s1. The van der Waals surface area contributed by atoms with Crippen LogP contribution in [0.3, 0.4) is 0 Å². The zero-order valence-electron chi connectivity index (χ0n) is 13.6. The summed E-state index contributed by atoms with van der Waals surface area (Å²) in [5.41, 5.74) is 3.01. The normalized spacial score (nSPS) is 18.9. The fourth-order valence-electron chi connectivity index (χ4n) is 2.98. The summed E-state index contributed by atoms with van der Waals surface area (Å²) in [6, 6.07) is 16.2. The Labute approximate surface area is 149 Å². The van der Waals surface area contributed by atoms with Gasteiger partial charge in [0.05, 0.1) is 0 Å². The second kappa shape index (κ2) is 6.01. The van der Waals surface area contributed by atoms with E-state index >= 15 is 0 Å². The van der Waals surface area contributed by atoms with Crippen molar-refractivity contribution in [1.82, 2.24) is 0 Å². The number of aliphatic carboxylic acids is 1. The predicted molar refractivity (Wildman–Crippen MR) is 97.2 cm³/mol.